The quantitative estimate of drug-likeness (QED) is 0.638. The second-order valence-electron chi connectivity index (χ2n) is 6.74. The standard InChI is InChI=1S/C24H19NO5/c26-23(21-15-29-22(30-21)13-16-7-3-1-4-8-16)25-20-14-18(11-12-19(20)24(27)28)17-9-5-2-6-10-17/h1-12,14-15,22H,13H2,(H,25,26)(H,27,28). The number of carbonyl (C=O) groups excluding carboxylic acids is 1. The molecule has 1 aliphatic rings. The van der Waals surface area contributed by atoms with Gasteiger partial charge in [0.2, 0.25) is 12.0 Å². The predicted molar refractivity (Wildman–Crippen MR) is 112 cm³/mol. The van der Waals surface area contributed by atoms with E-state index in [0.717, 1.165) is 16.7 Å². The number of hydrogen-bond acceptors (Lipinski definition) is 4. The van der Waals surface area contributed by atoms with E-state index < -0.39 is 18.2 Å². The van der Waals surface area contributed by atoms with Gasteiger partial charge in [-0.3, -0.25) is 4.79 Å². The van der Waals surface area contributed by atoms with Gasteiger partial charge in [-0.25, -0.2) is 4.79 Å². The Morgan fingerprint density at radius 2 is 1.60 bits per heavy atom. The van der Waals surface area contributed by atoms with Crippen LogP contribution in [0.5, 0.6) is 0 Å². The van der Waals surface area contributed by atoms with E-state index in [2.05, 4.69) is 5.32 Å². The Balaban J connectivity index is 1.49. The molecule has 3 aromatic carbocycles. The SMILES string of the molecule is O=C(Nc1cc(-c2ccccc2)ccc1C(=O)O)C1=COC(Cc2ccccc2)O1. The summed E-state index contributed by atoms with van der Waals surface area (Å²) in [5, 5.41) is 12.1. The third-order valence-electron chi connectivity index (χ3n) is 4.66. The van der Waals surface area contributed by atoms with Crippen LogP contribution in [0.4, 0.5) is 5.69 Å². The van der Waals surface area contributed by atoms with Crippen molar-refractivity contribution in [1.82, 2.24) is 0 Å². The van der Waals surface area contributed by atoms with Gasteiger partial charge in [-0.1, -0.05) is 66.7 Å². The van der Waals surface area contributed by atoms with Crippen molar-refractivity contribution in [3.05, 3.63) is 102 Å². The van der Waals surface area contributed by atoms with Crippen LogP contribution < -0.4 is 5.32 Å². The normalized spacial score (nSPS) is 14.9. The first-order valence-electron chi connectivity index (χ1n) is 9.40. The molecule has 0 saturated carbocycles. The zero-order chi connectivity index (χ0) is 20.9. The van der Waals surface area contributed by atoms with E-state index >= 15 is 0 Å². The molecule has 0 radical (unpaired) electrons. The summed E-state index contributed by atoms with van der Waals surface area (Å²) in [5.74, 6) is -1.71. The smallest absolute Gasteiger partial charge is 0.337 e. The molecule has 0 spiro atoms. The number of anilines is 1. The van der Waals surface area contributed by atoms with Gasteiger partial charge < -0.3 is 19.9 Å². The van der Waals surface area contributed by atoms with Crippen molar-refractivity contribution in [2.45, 2.75) is 12.7 Å². The van der Waals surface area contributed by atoms with Crippen LogP contribution in [0.15, 0.2) is 90.9 Å². The predicted octanol–water partition coefficient (Wildman–Crippen LogP) is 4.45. The van der Waals surface area contributed by atoms with Gasteiger partial charge in [-0.05, 0) is 28.8 Å². The van der Waals surface area contributed by atoms with Gasteiger partial charge in [0.1, 0.15) is 6.26 Å². The van der Waals surface area contributed by atoms with Crippen LogP contribution >= 0.6 is 0 Å². The van der Waals surface area contributed by atoms with Crippen molar-refractivity contribution in [3.8, 4) is 11.1 Å². The third kappa shape index (κ3) is 4.33. The fourth-order valence-corrected chi connectivity index (χ4v) is 3.17. The van der Waals surface area contributed by atoms with Crippen LogP contribution in [0.2, 0.25) is 0 Å². The summed E-state index contributed by atoms with van der Waals surface area (Å²) < 4.78 is 11.0. The van der Waals surface area contributed by atoms with Crippen LogP contribution in [-0.4, -0.2) is 23.3 Å². The minimum Gasteiger partial charge on any atom is -0.478 e. The number of carboxylic acids is 1. The van der Waals surface area contributed by atoms with Gasteiger partial charge in [0.25, 0.3) is 5.91 Å². The number of benzene rings is 3. The zero-order valence-electron chi connectivity index (χ0n) is 15.9. The van der Waals surface area contributed by atoms with Crippen molar-refractivity contribution in [3.63, 3.8) is 0 Å². The van der Waals surface area contributed by atoms with Crippen LogP contribution in [0.3, 0.4) is 0 Å². The Kier molecular flexibility index (Phi) is 5.48. The average molecular weight is 401 g/mol. The van der Waals surface area contributed by atoms with Crippen molar-refractivity contribution >= 4 is 17.6 Å². The molecule has 1 unspecified atom stereocenters. The zero-order valence-corrected chi connectivity index (χ0v) is 15.9. The number of carbonyl (C=O) groups is 2. The fourth-order valence-electron chi connectivity index (χ4n) is 3.17. The number of carboxylic acid groups (broad SMARTS) is 1. The summed E-state index contributed by atoms with van der Waals surface area (Å²) in [7, 11) is 0. The van der Waals surface area contributed by atoms with Crippen molar-refractivity contribution in [2.24, 2.45) is 0 Å². The Labute approximate surface area is 173 Å². The Morgan fingerprint density at radius 3 is 2.30 bits per heavy atom. The van der Waals surface area contributed by atoms with E-state index in [1.807, 2.05) is 60.7 Å². The van der Waals surface area contributed by atoms with E-state index in [0.29, 0.717) is 6.42 Å². The number of amides is 1. The largest absolute Gasteiger partial charge is 0.478 e. The lowest BCUT2D eigenvalue weighted by atomic mass is 10.0. The molecule has 1 amide bonds. The van der Waals surface area contributed by atoms with Crippen LogP contribution in [0.1, 0.15) is 15.9 Å². The van der Waals surface area contributed by atoms with Crippen LogP contribution in [-0.2, 0) is 20.7 Å². The molecule has 0 fully saturated rings. The highest BCUT2D eigenvalue weighted by atomic mass is 16.7. The minimum atomic E-state index is -1.13. The maximum atomic E-state index is 12.7. The highest BCUT2D eigenvalue weighted by Crippen LogP contribution is 2.27. The lowest BCUT2D eigenvalue weighted by molar-refractivity contribution is -0.118. The number of ether oxygens (including phenoxy) is 2. The molecule has 0 bridgehead atoms. The third-order valence-corrected chi connectivity index (χ3v) is 4.66. The summed E-state index contributed by atoms with van der Waals surface area (Å²) >= 11 is 0. The summed E-state index contributed by atoms with van der Waals surface area (Å²) in [4.78, 5) is 24.3. The van der Waals surface area contributed by atoms with E-state index in [9.17, 15) is 14.7 Å². The van der Waals surface area contributed by atoms with Crippen LogP contribution in [0, 0.1) is 0 Å². The van der Waals surface area contributed by atoms with Gasteiger partial charge in [0.15, 0.2) is 0 Å². The average Bonchev–Trinajstić information content (AvgIpc) is 3.23. The second kappa shape index (κ2) is 8.53. The molecule has 2 N–H and O–H groups in total. The van der Waals surface area contributed by atoms with Gasteiger partial charge in [0, 0.05) is 6.42 Å². The minimum absolute atomic E-state index is 0.00242. The molecule has 6 heteroatoms. The number of nitrogens with one attached hydrogen (secondary N) is 1. The van der Waals surface area contributed by atoms with Crippen molar-refractivity contribution in [2.75, 3.05) is 5.32 Å². The summed E-state index contributed by atoms with van der Waals surface area (Å²) in [6, 6.07) is 23.9. The monoisotopic (exact) mass is 401 g/mol. The van der Waals surface area contributed by atoms with E-state index in [1.165, 1.54) is 12.3 Å². The van der Waals surface area contributed by atoms with Gasteiger partial charge in [-0.2, -0.15) is 0 Å². The molecule has 0 aliphatic carbocycles. The first-order chi connectivity index (χ1) is 14.6. The molecule has 150 valence electrons. The number of hydrogen-bond donors (Lipinski definition) is 2. The molecule has 1 atom stereocenters. The maximum absolute atomic E-state index is 12.7. The molecule has 30 heavy (non-hydrogen) atoms. The molecular formula is C24H19NO5. The lowest BCUT2D eigenvalue weighted by Crippen LogP contribution is -2.20. The summed E-state index contributed by atoms with van der Waals surface area (Å²) in [5.41, 5.74) is 2.89. The fraction of sp³-hybridized carbons (Fsp3) is 0.0833. The highest BCUT2D eigenvalue weighted by molar-refractivity contribution is 6.07. The Morgan fingerprint density at radius 1 is 0.900 bits per heavy atom. The number of rotatable bonds is 6. The van der Waals surface area contributed by atoms with E-state index in [4.69, 9.17) is 9.47 Å². The first kappa shape index (κ1) is 19.3. The Hall–Kier alpha value is -4.06. The van der Waals surface area contributed by atoms with E-state index in [1.54, 1.807) is 12.1 Å². The molecule has 6 nitrogen and oxygen atoms in total. The number of aromatic carboxylic acids is 1. The van der Waals surface area contributed by atoms with Gasteiger partial charge in [-0.15, -0.1) is 0 Å². The summed E-state index contributed by atoms with van der Waals surface area (Å²) in [6.07, 6.45) is 1.13. The molecule has 3 aromatic rings. The molecular weight excluding hydrogens is 382 g/mol. The Bertz CT molecular complexity index is 1090. The molecule has 0 aromatic heterocycles. The molecule has 1 aliphatic heterocycles. The molecule has 1 heterocycles. The van der Waals surface area contributed by atoms with Crippen molar-refractivity contribution < 1.29 is 24.2 Å². The van der Waals surface area contributed by atoms with Crippen molar-refractivity contribution in [1.29, 1.82) is 0 Å². The van der Waals surface area contributed by atoms with E-state index in [-0.39, 0.29) is 17.0 Å². The maximum Gasteiger partial charge on any atom is 0.337 e. The first-order valence-corrected chi connectivity index (χ1v) is 9.40. The topological polar surface area (TPSA) is 84.9 Å². The highest BCUT2D eigenvalue weighted by Gasteiger charge is 2.26. The van der Waals surface area contributed by atoms with Gasteiger partial charge >= 0.3 is 5.97 Å². The summed E-state index contributed by atoms with van der Waals surface area (Å²) in [6.45, 7) is 0. The molecule has 4 rings (SSSR count). The van der Waals surface area contributed by atoms with Gasteiger partial charge in [0.05, 0.1) is 11.3 Å². The van der Waals surface area contributed by atoms with Crippen LogP contribution in [0.25, 0.3) is 11.1 Å². The second-order valence-corrected chi connectivity index (χ2v) is 6.74. The molecule has 0 saturated heterocycles. The lowest BCUT2D eigenvalue weighted by Gasteiger charge is -2.13.